The van der Waals surface area contributed by atoms with Gasteiger partial charge in [0.2, 0.25) is 5.91 Å². The standard InChI is InChI=1S/C22H24N2O2S/c1-22(2,3)16-9-11-17(12-10-16)23-20(25)13-18-15-27-21(24-18)14-26-19-7-5-4-6-8-19/h4-12,15H,13-14H2,1-3H3,(H,23,25). The number of nitrogens with zero attached hydrogens (tertiary/aromatic N) is 1. The molecule has 0 aliphatic heterocycles. The van der Waals surface area contributed by atoms with Gasteiger partial charge in [0.25, 0.3) is 0 Å². The number of ether oxygens (including phenoxy) is 1. The second-order valence-corrected chi connectivity index (χ2v) is 8.33. The van der Waals surface area contributed by atoms with Crippen molar-refractivity contribution in [2.24, 2.45) is 0 Å². The van der Waals surface area contributed by atoms with Crippen molar-refractivity contribution >= 4 is 22.9 Å². The van der Waals surface area contributed by atoms with Crippen LogP contribution in [-0.4, -0.2) is 10.9 Å². The Morgan fingerprint density at radius 3 is 2.44 bits per heavy atom. The van der Waals surface area contributed by atoms with E-state index in [4.69, 9.17) is 4.74 Å². The van der Waals surface area contributed by atoms with E-state index < -0.39 is 0 Å². The number of nitrogens with one attached hydrogen (secondary N) is 1. The Hall–Kier alpha value is -2.66. The average Bonchev–Trinajstić information content (AvgIpc) is 3.08. The maximum absolute atomic E-state index is 12.3. The number of thiazole rings is 1. The minimum Gasteiger partial charge on any atom is -0.486 e. The van der Waals surface area contributed by atoms with E-state index in [0.29, 0.717) is 6.61 Å². The van der Waals surface area contributed by atoms with E-state index >= 15 is 0 Å². The first-order valence-electron chi connectivity index (χ1n) is 8.92. The van der Waals surface area contributed by atoms with Crippen LogP contribution in [0, 0.1) is 0 Å². The molecule has 1 heterocycles. The second kappa shape index (κ2) is 8.35. The molecular weight excluding hydrogens is 356 g/mol. The molecule has 1 aromatic heterocycles. The van der Waals surface area contributed by atoms with E-state index in [9.17, 15) is 4.79 Å². The number of carbonyl (C=O) groups is 1. The molecule has 0 atom stereocenters. The van der Waals surface area contributed by atoms with Crippen LogP contribution in [0.3, 0.4) is 0 Å². The van der Waals surface area contributed by atoms with Crippen molar-refractivity contribution in [3.8, 4) is 5.75 Å². The zero-order valence-electron chi connectivity index (χ0n) is 15.9. The lowest BCUT2D eigenvalue weighted by molar-refractivity contribution is -0.115. The summed E-state index contributed by atoms with van der Waals surface area (Å²) in [6.07, 6.45) is 0.253. The van der Waals surface area contributed by atoms with E-state index in [1.165, 1.54) is 16.9 Å². The number of anilines is 1. The zero-order chi connectivity index (χ0) is 19.3. The van der Waals surface area contributed by atoms with Crippen molar-refractivity contribution < 1.29 is 9.53 Å². The molecule has 4 nitrogen and oxygen atoms in total. The van der Waals surface area contributed by atoms with Crippen LogP contribution in [0.2, 0.25) is 0 Å². The van der Waals surface area contributed by atoms with Gasteiger partial charge < -0.3 is 10.1 Å². The van der Waals surface area contributed by atoms with Crippen molar-refractivity contribution in [2.75, 3.05) is 5.32 Å². The molecule has 27 heavy (non-hydrogen) atoms. The molecule has 0 aliphatic rings. The van der Waals surface area contributed by atoms with Crippen LogP contribution in [0.4, 0.5) is 5.69 Å². The Kier molecular flexibility index (Phi) is 5.91. The molecule has 1 N–H and O–H groups in total. The number of amides is 1. The van der Waals surface area contributed by atoms with Crippen molar-refractivity contribution in [3.63, 3.8) is 0 Å². The highest BCUT2D eigenvalue weighted by molar-refractivity contribution is 7.09. The molecular formula is C22H24N2O2S. The van der Waals surface area contributed by atoms with Crippen LogP contribution in [-0.2, 0) is 23.2 Å². The highest BCUT2D eigenvalue weighted by Crippen LogP contribution is 2.23. The van der Waals surface area contributed by atoms with Crippen molar-refractivity contribution in [3.05, 3.63) is 76.2 Å². The summed E-state index contributed by atoms with van der Waals surface area (Å²) in [5.41, 5.74) is 2.90. The lowest BCUT2D eigenvalue weighted by atomic mass is 9.87. The fourth-order valence-corrected chi connectivity index (χ4v) is 3.29. The van der Waals surface area contributed by atoms with Gasteiger partial charge in [0, 0.05) is 11.1 Å². The van der Waals surface area contributed by atoms with Crippen LogP contribution in [0.25, 0.3) is 0 Å². The fourth-order valence-electron chi connectivity index (χ4n) is 2.58. The third-order valence-electron chi connectivity index (χ3n) is 4.08. The van der Waals surface area contributed by atoms with Crippen LogP contribution in [0.1, 0.15) is 37.0 Å². The number of hydrogen-bond acceptors (Lipinski definition) is 4. The van der Waals surface area contributed by atoms with Gasteiger partial charge in [-0.15, -0.1) is 11.3 Å². The quantitative estimate of drug-likeness (QED) is 0.639. The van der Waals surface area contributed by atoms with Gasteiger partial charge in [-0.05, 0) is 35.2 Å². The van der Waals surface area contributed by atoms with Gasteiger partial charge in [-0.3, -0.25) is 4.79 Å². The molecule has 5 heteroatoms. The van der Waals surface area contributed by atoms with Gasteiger partial charge in [0.05, 0.1) is 12.1 Å². The Morgan fingerprint density at radius 1 is 1.07 bits per heavy atom. The summed E-state index contributed by atoms with van der Waals surface area (Å²) < 4.78 is 5.69. The molecule has 0 saturated carbocycles. The van der Waals surface area contributed by atoms with Gasteiger partial charge in [-0.25, -0.2) is 4.98 Å². The molecule has 3 rings (SSSR count). The topological polar surface area (TPSA) is 51.2 Å². The summed E-state index contributed by atoms with van der Waals surface area (Å²) >= 11 is 1.51. The first-order valence-corrected chi connectivity index (χ1v) is 9.80. The molecule has 0 aliphatic carbocycles. The third kappa shape index (κ3) is 5.66. The molecule has 0 unspecified atom stereocenters. The molecule has 0 radical (unpaired) electrons. The normalized spacial score (nSPS) is 11.2. The smallest absolute Gasteiger partial charge is 0.230 e. The van der Waals surface area contributed by atoms with E-state index in [0.717, 1.165) is 22.1 Å². The van der Waals surface area contributed by atoms with E-state index in [1.807, 2.05) is 47.8 Å². The Balaban J connectivity index is 1.52. The SMILES string of the molecule is CC(C)(C)c1ccc(NC(=O)Cc2csc(COc3ccccc3)n2)cc1. The molecule has 0 bridgehead atoms. The zero-order valence-corrected chi connectivity index (χ0v) is 16.7. The predicted molar refractivity (Wildman–Crippen MR) is 110 cm³/mol. The molecule has 0 fully saturated rings. The summed E-state index contributed by atoms with van der Waals surface area (Å²) in [6.45, 7) is 6.91. The molecule has 140 valence electrons. The minimum absolute atomic E-state index is 0.0701. The van der Waals surface area contributed by atoms with E-state index in [-0.39, 0.29) is 17.7 Å². The number of benzene rings is 2. The van der Waals surface area contributed by atoms with Crippen molar-refractivity contribution in [2.45, 2.75) is 39.2 Å². The van der Waals surface area contributed by atoms with Crippen LogP contribution in [0.15, 0.2) is 60.0 Å². The maximum atomic E-state index is 12.3. The van der Waals surface area contributed by atoms with Crippen LogP contribution < -0.4 is 10.1 Å². The summed E-state index contributed by atoms with van der Waals surface area (Å²) in [6, 6.07) is 17.6. The number of carbonyl (C=O) groups excluding carboxylic acids is 1. The van der Waals surface area contributed by atoms with Gasteiger partial charge in [-0.1, -0.05) is 51.1 Å². The Morgan fingerprint density at radius 2 is 1.78 bits per heavy atom. The lowest BCUT2D eigenvalue weighted by Crippen LogP contribution is -2.15. The summed E-state index contributed by atoms with van der Waals surface area (Å²) in [4.78, 5) is 16.8. The summed E-state index contributed by atoms with van der Waals surface area (Å²) in [5.74, 6) is 0.741. The van der Waals surface area contributed by atoms with Gasteiger partial charge in [0.15, 0.2) is 0 Å². The number of rotatable bonds is 6. The highest BCUT2D eigenvalue weighted by Gasteiger charge is 2.13. The number of para-hydroxylation sites is 1. The lowest BCUT2D eigenvalue weighted by Gasteiger charge is -2.19. The molecule has 0 spiro atoms. The average molecular weight is 381 g/mol. The maximum Gasteiger partial charge on any atom is 0.230 e. The first-order chi connectivity index (χ1) is 12.9. The predicted octanol–water partition coefficient (Wildman–Crippen LogP) is 5.20. The highest BCUT2D eigenvalue weighted by atomic mass is 32.1. The summed E-state index contributed by atoms with van der Waals surface area (Å²) in [7, 11) is 0. The molecule has 1 amide bonds. The van der Waals surface area contributed by atoms with E-state index in [1.54, 1.807) is 0 Å². The van der Waals surface area contributed by atoms with Crippen molar-refractivity contribution in [1.82, 2.24) is 4.98 Å². The molecule has 0 saturated heterocycles. The monoisotopic (exact) mass is 380 g/mol. The van der Waals surface area contributed by atoms with Crippen LogP contribution >= 0.6 is 11.3 Å². The second-order valence-electron chi connectivity index (χ2n) is 7.39. The number of aromatic nitrogens is 1. The fraction of sp³-hybridized carbons (Fsp3) is 0.273. The Labute approximate surface area is 164 Å². The van der Waals surface area contributed by atoms with Crippen LogP contribution in [0.5, 0.6) is 5.75 Å². The van der Waals surface area contributed by atoms with Gasteiger partial charge in [0.1, 0.15) is 17.4 Å². The molecule has 3 aromatic rings. The third-order valence-corrected chi connectivity index (χ3v) is 4.95. The minimum atomic E-state index is -0.0701. The van der Waals surface area contributed by atoms with Crippen molar-refractivity contribution in [1.29, 1.82) is 0 Å². The summed E-state index contributed by atoms with van der Waals surface area (Å²) in [5, 5.41) is 5.70. The Bertz CT molecular complexity index is 881. The molecule has 2 aromatic carbocycles. The van der Waals surface area contributed by atoms with Gasteiger partial charge >= 0.3 is 0 Å². The van der Waals surface area contributed by atoms with E-state index in [2.05, 4.69) is 43.2 Å². The largest absolute Gasteiger partial charge is 0.486 e. The number of hydrogen-bond donors (Lipinski definition) is 1. The van der Waals surface area contributed by atoms with Gasteiger partial charge in [-0.2, -0.15) is 0 Å². The first kappa shape index (κ1) is 19.1.